The highest BCUT2D eigenvalue weighted by Crippen LogP contribution is 2.32. The molecule has 0 aromatic carbocycles. The Labute approximate surface area is 160 Å². The van der Waals surface area contributed by atoms with Crippen molar-refractivity contribution >= 4 is 22.9 Å². The molecule has 0 bridgehead atoms. The standard InChI is InChI=1S/C16H16F3N5O5/c17-16(18,19)14(28)21-3-1-2-7-5-24(10-4-8(26)9(6-25)29-10)12-11(7)13(27)23-15(20)22-12/h5,8-10,25-26H,3-4,6H2,(H,21,28)(H3,20,22,23,27). The number of halogens is 3. The van der Waals surface area contributed by atoms with E-state index in [9.17, 15) is 33.0 Å². The lowest BCUT2D eigenvalue weighted by Gasteiger charge is -2.14. The van der Waals surface area contributed by atoms with Gasteiger partial charge in [0.1, 0.15) is 12.3 Å². The number of carbonyl (C=O) groups is 1. The molecule has 3 atom stereocenters. The number of nitrogen functional groups attached to an aromatic ring is 1. The van der Waals surface area contributed by atoms with E-state index in [0.717, 1.165) is 0 Å². The number of aliphatic hydroxyl groups is 2. The van der Waals surface area contributed by atoms with Gasteiger partial charge in [-0.05, 0) is 0 Å². The molecule has 6 N–H and O–H groups in total. The molecule has 2 aromatic rings. The summed E-state index contributed by atoms with van der Waals surface area (Å²) < 4.78 is 43.5. The number of nitrogens with two attached hydrogens (primary N) is 1. The second-order valence-corrected chi connectivity index (χ2v) is 6.20. The number of hydrogen-bond acceptors (Lipinski definition) is 7. The third kappa shape index (κ3) is 4.19. The van der Waals surface area contributed by atoms with Crippen LogP contribution in [0.2, 0.25) is 0 Å². The zero-order valence-corrected chi connectivity index (χ0v) is 14.7. The predicted octanol–water partition coefficient (Wildman–Crippen LogP) is -1.02. The second-order valence-electron chi connectivity index (χ2n) is 6.20. The average Bonchev–Trinajstić information content (AvgIpc) is 3.17. The number of fused-ring (bicyclic) bond motifs is 1. The first-order chi connectivity index (χ1) is 13.6. The molecule has 3 unspecified atom stereocenters. The van der Waals surface area contributed by atoms with Crippen LogP contribution in [0.5, 0.6) is 0 Å². The van der Waals surface area contributed by atoms with E-state index in [-0.39, 0.29) is 29.0 Å². The van der Waals surface area contributed by atoms with Crippen molar-refractivity contribution in [2.45, 2.75) is 31.0 Å². The number of hydrogen-bond donors (Lipinski definition) is 5. The molecule has 1 amide bonds. The van der Waals surface area contributed by atoms with Gasteiger partial charge in [0, 0.05) is 12.6 Å². The van der Waals surface area contributed by atoms with Gasteiger partial charge >= 0.3 is 12.1 Å². The van der Waals surface area contributed by atoms with Crippen LogP contribution in [-0.4, -0.2) is 62.2 Å². The Bertz CT molecular complexity index is 1050. The van der Waals surface area contributed by atoms with Gasteiger partial charge in [-0.15, -0.1) is 0 Å². The molecule has 2 aromatic heterocycles. The summed E-state index contributed by atoms with van der Waals surface area (Å²) in [5.41, 5.74) is 5.15. The van der Waals surface area contributed by atoms with E-state index in [2.05, 4.69) is 21.8 Å². The van der Waals surface area contributed by atoms with Gasteiger partial charge in [-0.3, -0.25) is 14.6 Å². The number of nitrogens with zero attached hydrogens (tertiary/aromatic N) is 2. The molecule has 3 rings (SSSR count). The van der Waals surface area contributed by atoms with Crippen molar-refractivity contribution < 1.29 is 32.9 Å². The van der Waals surface area contributed by atoms with Gasteiger partial charge in [-0.25, -0.2) is 0 Å². The summed E-state index contributed by atoms with van der Waals surface area (Å²) in [4.78, 5) is 29.4. The molecular formula is C16H16F3N5O5. The summed E-state index contributed by atoms with van der Waals surface area (Å²) in [5.74, 6) is 2.53. The van der Waals surface area contributed by atoms with E-state index in [1.165, 1.54) is 10.8 Å². The van der Waals surface area contributed by atoms with Gasteiger partial charge in [0.05, 0.1) is 30.2 Å². The zero-order chi connectivity index (χ0) is 21.3. The molecule has 0 aliphatic carbocycles. The number of nitrogens with one attached hydrogen (secondary N) is 2. The maximum atomic E-state index is 12.3. The Balaban J connectivity index is 1.94. The smallest absolute Gasteiger partial charge is 0.394 e. The van der Waals surface area contributed by atoms with Gasteiger partial charge in [-0.1, -0.05) is 11.8 Å². The fraction of sp³-hybridized carbons (Fsp3) is 0.438. The summed E-state index contributed by atoms with van der Waals surface area (Å²) >= 11 is 0. The summed E-state index contributed by atoms with van der Waals surface area (Å²) in [5, 5.41) is 20.8. The predicted molar refractivity (Wildman–Crippen MR) is 92.3 cm³/mol. The minimum absolute atomic E-state index is 0.0133. The van der Waals surface area contributed by atoms with Crippen LogP contribution in [0.1, 0.15) is 18.2 Å². The van der Waals surface area contributed by atoms with E-state index in [4.69, 9.17) is 10.5 Å². The van der Waals surface area contributed by atoms with Crippen molar-refractivity contribution in [2.75, 3.05) is 18.9 Å². The Hall–Kier alpha value is -3.08. The molecule has 1 saturated heterocycles. The van der Waals surface area contributed by atoms with E-state index in [1.54, 1.807) is 5.32 Å². The normalized spacial score (nSPS) is 21.8. The quantitative estimate of drug-likeness (QED) is 0.402. The monoisotopic (exact) mass is 415 g/mol. The molecule has 3 heterocycles. The van der Waals surface area contributed by atoms with Crippen molar-refractivity contribution in [3.8, 4) is 11.8 Å². The summed E-state index contributed by atoms with van der Waals surface area (Å²) in [6.07, 6.45) is -6.11. The van der Waals surface area contributed by atoms with Crippen LogP contribution in [0.4, 0.5) is 19.1 Å². The lowest BCUT2D eigenvalue weighted by Crippen LogP contribution is -2.36. The number of aromatic amines is 1. The van der Waals surface area contributed by atoms with Crippen LogP contribution >= 0.6 is 0 Å². The average molecular weight is 415 g/mol. The number of ether oxygens (including phenoxy) is 1. The van der Waals surface area contributed by atoms with Crippen LogP contribution in [0.25, 0.3) is 11.0 Å². The number of H-pyrrole nitrogens is 1. The number of alkyl halides is 3. The van der Waals surface area contributed by atoms with Crippen molar-refractivity contribution in [2.24, 2.45) is 0 Å². The van der Waals surface area contributed by atoms with Crippen LogP contribution in [0, 0.1) is 11.8 Å². The maximum absolute atomic E-state index is 12.3. The Kier molecular flexibility index (Phi) is 5.51. The van der Waals surface area contributed by atoms with Crippen LogP contribution in [0.15, 0.2) is 11.0 Å². The molecular weight excluding hydrogens is 399 g/mol. The molecule has 10 nitrogen and oxygen atoms in total. The molecule has 156 valence electrons. The first-order valence-electron chi connectivity index (χ1n) is 8.30. The summed E-state index contributed by atoms with van der Waals surface area (Å²) in [7, 11) is 0. The lowest BCUT2D eigenvalue weighted by atomic mass is 10.2. The third-order valence-electron chi connectivity index (χ3n) is 4.21. The highest BCUT2D eigenvalue weighted by atomic mass is 19.4. The molecule has 1 aliphatic rings. The molecule has 1 fully saturated rings. The van der Waals surface area contributed by atoms with Crippen molar-refractivity contribution in [3.63, 3.8) is 0 Å². The van der Waals surface area contributed by atoms with Crippen LogP contribution < -0.4 is 16.6 Å². The minimum atomic E-state index is -5.03. The molecule has 29 heavy (non-hydrogen) atoms. The zero-order valence-electron chi connectivity index (χ0n) is 14.7. The highest BCUT2D eigenvalue weighted by Gasteiger charge is 2.38. The van der Waals surface area contributed by atoms with Gasteiger partial charge in [0.15, 0.2) is 5.65 Å². The van der Waals surface area contributed by atoms with Crippen molar-refractivity contribution in [3.05, 3.63) is 22.1 Å². The fourth-order valence-corrected chi connectivity index (χ4v) is 2.90. The van der Waals surface area contributed by atoms with E-state index >= 15 is 0 Å². The number of carbonyl (C=O) groups excluding carboxylic acids is 1. The molecule has 0 saturated carbocycles. The van der Waals surface area contributed by atoms with Crippen LogP contribution in [0.3, 0.4) is 0 Å². The Morgan fingerprint density at radius 3 is 2.86 bits per heavy atom. The first kappa shape index (κ1) is 20.6. The second kappa shape index (κ2) is 7.74. The lowest BCUT2D eigenvalue weighted by molar-refractivity contribution is -0.173. The topological polar surface area (TPSA) is 155 Å². The number of anilines is 1. The van der Waals surface area contributed by atoms with Crippen molar-refractivity contribution in [1.29, 1.82) is 0 Å². The highest BCUT2D eigenvalue weighted by molar-refractivity contribution is 5.84. The number of aliphatic hydroxyl groups excluding tert-OH is 2. The van der Waals surface area contributed by atoms with E-state index in [1.807, 2.05) is 0 Å². The summed E-state index contributed by atoms with van der Waals surface area (Å²) in [6.45, 7) is -1.02. The maximum Gasteiger partial charge on any atom is 0.471 e. The van der Waals surface area contributed by atoms with Gasteiger partial charge in [-0.2, -0.15) is 18.2 Å². The fourth-order valence-electron chi connectivity index (χ4n) is 2.90. The first-order valence-corrected chi connectivity index (χ1v) is 8.30. The molecule has 0 radical (unpaired) electrons. The largest absolute Gasteiger partial charge is 0.471 e. The number of rotatable bonds is 3. The molecule has 13 heteroatoms. The van der Waals surface area contributed by atoms with E-state index < -0.39 is 49.2 Å². The molecule has 0 spiro atoms. The van der Waals surface area contributed by atoms with Crippen LogP contribution in [-0.2, 0) is 9.53 Å². The van der Waals surface area contributed by atoms with Gasteiger partial charge < -0.3 is 30.6 Å². The molecule has 1 aliphatic heterocycles. The Morgan fingerprint density at radius 2 is 2.24 bits per heavy atom. The SMILES string of the molecule is Nc1nc2c(c(C#CCNC(=O)C(F)(F)F)cn2C2CC(O)C(CO)O2)c(=O)[nH]1. The third-order valence-corrected chi connectivity index (χ3v) is 4.21. The van der Waals surface area contributed by atoms with E-state index in [0.29, 0.717) is 0 Å². The number of amides is 1. The van der Waals surface area contributed by atoms with Crippen molar-refractivity contribution in [1.82, 2.24) is 19.9 Å². The van der Waals surface area contributed by atoms with Gasteiger partial charge in [0.25, 0.3) is 5.56 Å². The summed E-state index contributed by atoms with van der Waals surface area (Å²) in [6, 6.07) is 0. The number of aromatic nitrogens is 3. The minimum Gasteiger partial charge on any atom is -0.394 e. The Morgan fingerprint density at radius 1 is 1.52 bits per heavy atom. The van der Waals surface area contributed by atoms with Gasteiger partial charge in [0.2, 0.25) is 5.95 Å².